The van der Waals surface area contributed by atoms with Gasteiger partial charge in [-0.2, -0.15) is 0 Å². The molecular weight excluding hydrogens is 468 g/mol. The van der Waals surface area contributed by atoms with Crippen LogP contribution < -0.4 is 15.3 Å². The molecule has 3 heterocycles. The van der Waals surface area contributed by atoms with Crippen molar-refractivity contribution < 1.29 is 4.74 Å². The van der Waals surface area contributed by atoms with Gasteiger partial charge in [-0.1, -0.05) is 48.6 Å². The highest BCUT2D eigenvalue weighted by Crippen LogP contribution is 2.31. The molecule has 0 saturated heterocycles. The first-order valence-electron chi connectivity index (χ1n) is 13.0. The lowest BCUT2D eigenvalue weighted by Crippen LogP contribution is -2.34. The normalized spacial score (nSPS) is 13.1. The summed E-state index contributed by atoms with van der Waals surface area (Å²) in [6, 6.07) is 31.1. The summed E-state index contributed by atoms with van der Waals surface area (Å²) in [7, 11) is 2.05. The van der Waals surface area contributed by atoms with Crippen molar-refractivity contribution in [2.75, 3.05) is 0 Å². The third-order valence-electron chi connectivity index (χ3n) is 7.57. The number of hydrogen-bond acceptors (Lipinski definition) is 3. The summed E-state index contributed by atoms with van der Waals surface area (Å²) < 4.78 is 10.9. The quantitative estimate of drug-likeness (QED) is 0.289. The highest BCUT2D eigenvalue weighted by molar-refractivity contribution is 5.99. The van der Waals surface area contributed by atoms with Crippen LogP contribution in [0.4, 0.5) is 0 Å². The molecule has 7 aromatic rings. The molecule has 0 bridgehead atoms. The minimum atomic E-state index is 0.774. The van der Waals surface area contributed by atoms with Crippen LogP contribution in [0.5, 0.6) is 11.5 Å². The molecule has 4 aromatic carbocycles. The Kier molecular flexibility index (Phi) is 4.49. The van der Waals surface area contributed by atoms with Gasteiger partial charge in [0.15, 0.2) is 0 Å². The molecule has 0 spiro atoms. The monoisotopic (exact) mass is 492 g/mol. The maximum atomic E-state index is 6.44. The Morgan fingerprint density at radius 2 is 1.45 bits per heavy atom. The maximum absolute atomic E-state index is 6.44. The van der Waals surface area contributed by atoms with Gasteiger partial charge in [0.1, 0.15) is 23.0 Å². The molecule has 8 rings (SSSR count). The number of aromatic nitrogens is 4. The molecule has 1 aliphatic rings. The molecule has 0 radical (unpaired) electrons. The fourth-order valence-corrected chi connectivity index (χ4v) is 5.82. The van der Waals surface area contributed by atoms with E-state index in [2.05, 4.69) is 82.8 Å². The first kappa shape index (κ1) is 21.2. The van der Waals surface area contributed by atoms with Crippen molar-refractivity contribution in [3.63, 3.8) is 0 Å². The highest BCUT2D eigenvalue weighted by Gasteiger charge is 2.15. The second-order valence-corrected chi connectivity index (χ2v) is 9.86. The Bertz CT molecular complexity index is 2190. The minimum Gasteiger partial charge on any atom is -0.457 e. The third kappa shape index (κ3) is 3.12. The highest BCUT2D eigenvalue weighted by atomic mass is 16.5. The van der Waals surface area contributed by atoms with Crippen molar-refractivity contribution in [3.05, 3.63) is 102 Å². The number of para-hydroxylation sites is 4. The maximum Gasteiger partial charge on any atom is 0.146 e. The number of imidazole rings is 2. The third-order valence-corrected chi connectivity index (χ3v) is 7.57. The fraction of sp³-hybridized carbons (Fsp3) is 0.0909. The van der Waals surface area contributed by atoms with Crippen LogP contribution >= 0.6 is 0 Å². The van der Waals surface area contributed by atoms with Gasteiger partial charge in [0.25, 0.3) is 0 Å². The lowest BCUT2D eigenvalue weighted by Gasteiger charge is -2.12. The van der Waals surface area contributed by atoms with E-state index in [0.29, 0.717) is 0 Å². The SMILES string of the molecule is Cn1c(-c2cccc(Oc3ccc4c5c(n6c7ccccc7nc6c4c3)=CCCC=5)c2)nc2ccccc21. The summed E-state index contributed by atoms with van der Waals surface area (Å²) >= 11 is 0. The van der Waals surface area contributed by atoms with Crippen LogP contribution in [-0.2, 0) is 7.05 Å². The molecule has 0 aliphatic heterocycles. The van der Waals surface area contributed by atoms with Crippen molar-refractivity contribution in [1.82, 2.24) is 18.9 Å². The molecule has 0 fully saturated rings. The van der Waals surface area contributed by atoms with E-state index in [-0.39, 0.29) is 0 Å². The summed E-state index contributed by atoms with van der Waals surface area (Å²) in [4.78, 5) is 9.90. The Hall–Kier alpha value is -4.90. The van der Waals surface area contributed by atoms with Gasteiger partial charge in [0, 0.05) is 23.2 Å². The van der Waals surface area contributed by atoms with Crippen molar-refractivity contribution in [3.8, 4) is 22.9 Å². The van der Waals surface area contributed by atoms with Crippen molar-refractivity contribution in [2.24, 2.45) is 7.05 Å². The van der Waals surface area contributed by atoms with Crippen LogP contribution in [0, 0.1) is 0 Å². The van der Waals surface area contributed by atoms with Gasteiger partial charge in [0.2, 0.25) is 0 Å². The van der Waals surface area contributed by atoms with Crippen LogP contribution in [0.25, 0.3) is 62.0 Å². The van der Waals surface area contributed by atoms with E-state index in [9.17, 15) is 0 Å². The van der Waals surface area contributed by atoms with Gasteiger partial charge in [-0.3, -0.25) is 4.40 Å². The lowest BCUT2D eigenvalue weighted by atomic mass is 10.0. The summed E-state index contributed by atoms with van der Waals surface area (Å²) in [5.41, 5.74) is 6.21. The van der Waals surface area contributed by atoms with Gasteiger partial charge in [-0.25, -0.2) is 9.97 Å². The molecule has 0 atom stereocenters. The van der Waals surface area contributed by atoms with E-state index in [0.717, 1.165) is 68.8 Å². The number of benzene rings is 4. The van der Waals surface area contributed by atoms with E-state index in [4.69, 9.17) is 14.7 Å². The zero-order chi connectivity index (χ0) is 25.2. The predicted molar refractivity (Wildman–Crippen MR) is 154 cm³/mol. The van der Waals surface area contributed by atoms with E-state index in [1.807, 2.05) is 36.4 Å². The van der Waals surface area contributed by atoms with E-state index >= 15 is 0 Å². The average molecular weight is 493 g/mol. The molecule has 3 aromatic heterocycles. The average Bonchev–Trinajstić information content (AvgIpc) is 3.52. The largest absolute Gasteiger partial charge is 0.457 e. The number of aryl methyl sites for hydroxylation is 1. The summed E-state index contributed by atoms with van der Waals surface area (Å²) in [6.45, 7) is 0. The molecule has 1 aliphatic carbocycles. The number of rotatable bonds is 3. The van der Waals surface area contributed by atoms with Gasteiger partial charge < -0.3 is 9.30 Å². The Morgan fingerprint density at radius 3 is 2.32 bits per heavy atom. The number of hydrogen-bond donors (Lipinski definition) is 0. The van der Waals surface area contributed by atoms with E-state index in [1.54, 1.807) is 0 Å². The first-order valence-corrected chi connectivity index (χ1v) is 13.0. The number of fused-ring (bicyclic) bond motifs is 9. The van der Waals surface area contributed by atoms with Gasteiger partial charge in [-0.15, -0.1) is 0 Å². The van der Waals surface area contributed by atoms with Gasteiger partial charge >= 0.3 is 0 Å². The van der Waals surface area contributed by atoms with Crippen LogP contribution in [0.15, 0.2) is 91.0 Å². The zero-order valence-electron chi connectivity index (χ0n) is 20.9. The first-order chi connectivity index (χ1) is 18.7. The molecule has 38 heavy (non-hydrogen) atoms. The Balaban J connectivity index is 1.27. The summed E-state index contributed by atoms with van der Waals surface area (Å²) in [5, 5.41) is 4.81. The van der Waals surface area contributed by atoms with Crippen LogP contribution in [-0.4, -0.2) is 18.9 Å². The number of nitrogens with zero attached hydrogens (tertiary/aromatic N) is 4. The van der Waals surface area contributed by atoms with Crippen LogP contribution in [0.2, 0.25) is 0 Å². The molecule has 182 valence electrons. The van der Waals surface area contributed by atoms with E-state index < -0.39 is 0 Å². The van der Waals surface area contributed by atoms with E-state index in [1.165, 1.54) is 16.0 Å². The minimum absolute atomic E-state index is 0.774. The molecule has 0 amide bonds. The Labute approximate surface area is 218 Å². The molecule has 0 unspecified atom stereocenters. The number of pyridine rings is 1. The second-order valence-electron chi connectivity index (χ2n) is 9.86. The molecule has 0 saturated carbocycles. The van der Waals surface area contributed by atoms with Gasteiger partial charge in [-0.05, 0) is 72.8 Å². The summed E-state index contributed by atoms with van der Waals surface area (Å²) in [6.07, 6.45) is 6.79. The molecule has 0 N–H and O–H groups in total. The predicted octanol–water partition coefficient (Wildman–Crippen LogP) is 6.34. The number of ether oxygens (including phenoxy) is 1. The van der Waals surface area contributed by atoms with Crippen LogP contribution in [0.1, 0.15) is 12.8 Å². The topological polar surface area (TPSA) is 44.4 Å². The second kappa shape index (κ2) is 8.05. The summed E-state index contributed by atoms with van der Waals surface area (Å²) in [5.74, 6) is 2.48. The zero-order valence-corrected chi connectivity index (χ0v) is 20.9. The van der Waals surface area contributed by atoms with Crippen molar-refractivity contribution in [1.29, 1.82) is 0 Å². The standard InChI is InChI=1S/C33H24N4O/c1-36-30-15-6-3-12-27(30)34-32(36)21-9-8-10-22(19-21)38-23-17-18-24-25-11-2-5-14-29(25)37-31-16-7-4-13-28(31)35-33(37)26(24)20-23/h3-4,6-20H,2,5H2,1H3. The molecule has 5 heteroatoms. The van der Waals surface area contributed by atoms with Gasteiger partial charge in [0.05, 0.1) is 27.4 Å². The lowest BCUT2D eigenvalue weighted by molar-refractivity contribution is 0.483. The van der Waals surface area contributed by atoms with Crippen molar-refractivity contribution >= 4 is 50.6 Å². The smallest absolute Gasteiger partial charge is 0.146 e. The van der Waals surface area contributed by atoms with Crippen LogP contribution in [0.3, 0.4) is 0 Å². The fourth-order valence-electron chi connectivity index (χ4n) is 5.82. The molecular formula is C33H24N4O. The molecule has 5 nitrogen and oxygen atoms in total. The Morgan fingerprint density at radius 1 is 0.684 bits per heavy atom. The van der Waals surface area contributed by atoms with Crippen molar-refractivity contribution in [2.45, 2.75) is 12.8 Å².